The minimum absolute atomic E-state index is 0.0626. The predicted octanol–water partition coefficient (Wildman–Crippen LogP) is 2.10. The van der Waals surface area contributed by atoms with Crippen molar-refractivity contribution in [1.82, 2.24) is 10.2 Å². The number of anilines is 1. The molecule has 104 valence electrons. The molecule has 5 heteroatoms. The van der Waals surface area contributed by atoms with Gasteiger partial charge in [-0.2, -0.15) is 0 Å². The third-order valence-corrected chi connectivity index (χ3v) is 4.20. The first kappa shape index (κ1) is 14.3. The molecule has 0 spiro atoms. The molecule has 1 aliphatic rings. The molecule has 1 aliphatic heterocycles. The average Bonchev–Trinajstić information content (AvgIpc) is 2.39. The summed E-state index contributed by atoms with van der Waals surface area (Å²) in [5.41, 5.74) is 6.92. The molecule has 1 unspecified atom stereocenters. The van der Waals surface area contributed by atoms with Crippen molar-refractivity contribution < 1.29 is 4.79 Å². The number of amides is 1. The van der Waals surface area contributed by atoms with Crippen molar-refractivity contribution in [2.75, 3.05) is 32.4 Å². The highest BCUT2D eigenvalue weighted by atomic mass is 79.9. The lowest BCUT2D eigenvalue weighted by Gasteiger charge is -2.29. The largest absolute Gasteiger partial charge is 0.399 e. The number of likely N-dealkylation sites (tertiary alicyclic amines) is 1. The maximum atomic E-state index is 12.1. The summed E-state index contributed by atoms with van der Waals surface area (Å²) in [7, 11) is 2.13. The van der Waals surface area contributed by atoms with Crippen LogP contribution in [0.3, 0.4) is 0 Å². The van der Waals surface area contributed by atoms with E-state index in [1.54, 1.807) is 18.2 Å². The lowest BCUT2D eigenvalue weighted by Crippen LogP contribution is -2.39. The highest BCUT2D eigenvalue weighted by molar-refractivity contribution is 9.10. The van der Waals surface area contributed by atoms with Gasteiger partial charge in [0, 0.05) is 23.2 Å². The number of nitrogen functional groups attached to an aromatic ring is 1. The second-order valence-corrected chi connectivity index (χ2v) is 6.07. The smallest absolute Gasteiger partial charge is 0.252 e. The van der Waals surface area contributed by atoms with Crippen molar-refractivity contribution >= 4 is 27.5 Å². The number of hydrogen-bond acceptors (Lipinski definition) is 3. The summed E-state index contributed by atoms with van der Waals surface area (Å²) < 4.78 is 0.778. The van der Waals surface area contributed by atoms with Crippen LogP contribution in [0.1, 0.15) is 23.2 Å². The molecule has 1 heterocycles. The van der Waals surface area contributed by atoms with Gasteiger partial charge in [0.2, 0.25) is 0 Å². The molecule has 19 heavy (non-hydrogen) atoms. The molecule has 0 aromatic heterocycles. The number of nitrogens with zero attached hydrogens (tertiary/aromatic N) is 1. The van der Waals surface area contributed by atoms with Crippen LogP contribution in [0.25, 0.3) is 0 Å². The van der Waals surface area contributed by atoms with Gasteiger partial charge in [-0.1, -0.05) is 0 Å². The number of halogens is 1. The molecule has 3 N–H and O–H groups in total. The topological polar surface area (TPSA) is 58.4 Å². The number of nitrogens with one attached hydrogen (secondary N) is 1. The van der Waals surface area contributed by atoms with Gasteiger partial charge in [0.1, 0.15) is 0 Å². The average molecular weight is 326 g/mol. The molecule has 0 bridgehead atoms. The van der Waals surface area contributed by atoms with E-state index in [1.165, 1.54) is 12.8 Å². The number of benzene rings is 1. The maximum Gasteiger partial charge on any atom is 0.252 e. The minimum Gasteiger partial charge on any atom is -0.399 e. The molecular weight excluding hydrogens is 306 g/mol. The Morgan fingerprint density at radius 3 is 3.11 bits per heavy atom. The van der Waals surface area contributed by atoms with Crippen LogP contribution < -0.4 is 11.1 Å². The van der Waals surface area contributed by atoms with Gasteiger partial charge >= 0.3 is 0 Å². The number of rotatable bonds is 3. The van der Waals surface area contributed by atoms with Gasteiger partial charge < -0.3 is 16.0 Å². The van der Waals surface area contributed by atoms with Crippen LogP contribution in [0.5, 0.6) is 0 Å². The van der Waals surface area contributed by atoms with Crippen LogP contribution in [-0.4, -0.2) is 37.5 Å². The van der Waals surface area contributed by atoms with E-state index >= 15 is 0 Å². The fraction of sp³-hybridized carbons (Fsp3) is 0.500. The zero-order valence-electron chi connectivity index (χ0n) is 11.2. The molecule has 1 aromatic carbocycles. The number of nitrogens with two attached hydrogens (primary N) is 1. The molecule has 0 aliphatic carbocycles. The van der Waals surface area contributed by atoms with E-state index in [9.17, 15) is 4.79 Å². The van der Waals surface area contributed by atoms with Crippen molar-refractivity contribution in [3.05, 3.63) is 28.2 Å². The van der Waals surface area contributed by atoms with Crippen LogP contribution in [0, 0.1) is 5.92 Å². The van der Waals surface area contributed by atoms with Gasteiger partial charge in [-0.25, -0.2) is 0 Å². The van der Waals surface area contributed by atoms with Crippen molar-refractivity contribution in [1.29, 1.82) is 0 Å². The highest BCUT2D eigenvalue weighted by Crippen LogP contribution is 2.20. The number of piperidine rings is 1. The monoisotopic (exact) mass is 325 g/mol. The number of carbonyl (C=O) groups excluding carboxylic acids is 1. The van der Waals surface area contributed by atoms with Crippen LogP contribution in [0.4, 0.5) is 5.69 Å². The Hall–Kier alpha value is -1.07. The van der Waals surface area contributed by atoms with Crippen LogP contribution in [0.2, 0.25) is 0 Å². The Morgan fingerprint density at radius 1 is 1.58 bits per heavy atom. The van der Waals surface area contributed by atoms with E-state index in [1.807, 2.05) is 0 Å². The molecule has 1 aromatic rings. The lowest BCUT2D eigenvalue weighted by molar-refractivity contribution is 0.0936. The first-order valence-electron chi connectivity index (χ1n) is 6.58. The van der Waals surface area contributed by atoms with Crippen molar-refractivity contribution in [3.8, 4) is 0 Å². The summed E-state index contributed by atoms with van der Waals surface area (Å²) in [6.07, 6.45) is 2.39. The Balaban J connectivity index is 1.92. The highest BCUT2D eigenvalue weighted by Gasteiger charge is 2.18. The molecule has 1 saturated heterocycles. The first-order valence-corrected chi connectivity index (χ1v) is 7.37. The van der Waals surface area contributed by atoms with E-state index in [4.69, 9.17) is 5.73 Å². The van der Waals surface area contributed by atoms with E-state index in [2.05, 4.69) is 33.2 Å². The summed E-state index contributed by atoms with van der Waals surface area (Å²) >= 11 is 3.38. The Labute approximate surface area is 122 Å². The van der Waals surface area contributed by atoms with Crippen molar-refractivity contribution in [2.45, 2.75) is 12.8 Å². The molecule has 1 fully saturated rings. The van der Waals surface area contributed by atoms with Crippen molar-refractivity contribution in [2.24, 2.45) is 5.92 Å². The molecular formula is C14H20BrN3O. The second-order valence-electron chi connectivity index (χ2n) is 5.22. The van der Waals surface area contributed by atoms with Crippen molar-refractivity contribution in [3.63, 3.8) is 0 Å². The Kier molecular flexibility index (Phi) is 4.82. The molecule has 0 saturated carbocycles. The van der Waals surface area contributed by atoms with Gasteiger partial charge in [-0.05, 0) is 66.5 Å². The Bertz CT molecular complexity index is 464. The van der Waals surface area contributed by atoms with Crippen LogP contribution in [-0.2, 0) is 0 Å². The molecule has 4 nitrogen and oxygen atoms in total. The van der Waals surface area contributed by atoms with Gasteiger partial charge in [0.15, 0.2) is 0 Å². The summed E-state index contributed by atoms with van der Waals surface area (Å²) in [6.45, 7) is 2.94. The van der Waals surface area contributed by atoms with E-state index in [-0.39, 0.29) is 5.91 Å². The summed E-state index contributed by atoms with van der Waals surface area (Å²) in [6, 6.07) is 5.28. The first-order chi connectivity index (χ1) is 9.06. The van der Waals surface area contributed by atoms with Gasteiger partial charge in [0.05, 0.1) is 5.56 Å². The van der Waals surface area contributed by atoms with Gasteiger partial charge in [-0.3, -0.25) is 4.79 Å². The van der Waals surface area contributed by atoms with E-state index in [0.717, 1.165) is 24.1 Å². The zero-order chi connectivity index (χ0) is 13.8. The molecule has 2 rings (SSSR count). The quantitative estimate of drug-likeness (QED) is 0.837. The third kappa shape index (κ3) is 3.94. The SMILES string of the molecule is CN1CCCC(CNC(=O)c2cc(N)ccc2Br)C1. The maximum absolute atomic E-state index is 12.1. The van der Waals surface area contributed by atoms with Gasteiger partial charge in [-0.15, -0.1) is 0 Å². The van der Waals surface area contributed by atoms with E-state index < -0.39 is 0 Å². The fourth-order valence-electron chi connectivity index (χ4n) is 2.49. The summed E-state index contributed by atoms with van der Waals surface area (Å²) in [5.74, 6) is 0.481. The zero-order valence-corrected chi connectivity index (χ0v) is 12.7. The van der Waals surface area contributed by atoms with Gasteiger partial charge in [0.25, 0.3) is 5.91 Å². The fourth-order valence-corrected chi connectivity index (χ4v) is 2.92. The Morgan fingerprint density at radius 2 is 2.37 bits per heavy atom. The predicted molar refractivity (Wildman–Crippen MR) is 81.1 cm³/mol. The number of hydrogen-bond donors (Lipinski definition) is 2. The second kappa shape index (κ2) is 6.39. The summed E-state index contributed by atoms with van der Waals surface area (Å²) in [5, 5.41) is 3.01. The number of carbonyl (C=O) groups is 1. The molecule has 1 amide bonds. The standard InChI is InChI=1S/C14H20BrN3O/c1-18-6-2-3-10(9-18)8-17-14(19)12-7-11(16)4-5-13(12)15/h4-5,7,10H,2-3,6,8-9,16H2,1H3,(H,17,19). The normalized spacial score (nSPS) is 20.2. The summed E-state index contributed by atoms with van der Waals surface area (Å²) in [4.78, 5) is 14.4. The molecule has 0 radical (unpaired) electrons. The van der Waals surface area contributed by atoms with E-state index in [0.29, 0.717) is 17.2 Å². The third-order valence-electron chi connectivity index (χ3n) is 3.51. The lowest BCUT2D eigenvalue weighted by atomic mass is 9.98. The van der Waals surface area contributed by atoms with Crippen LogP contribution >= 0.6 is 15.9 Å². The minimum atomic E-state index is -0.0626. The molecule has 1 atom stereocenters. The van der Waals surface area contributed by atoms with Crippen LogP contribution in [0.15, 0.2) is 22.7 Å².